The number of aliphatic hydroxyl groups is 1. The van der Waals surface area contributed by atoms with Crippen molar-refractivity contribution in [1.29, 1.82) is 0 Å². The molecule has 0 spiro atoms. The maximum atomic E-state index is 11.1. The Morgan fingerprint density at radius 2 is 1.97 bits per heavy atom. The molecule has 1 aliphatic carbocycles. The Bertz CT molecular complexity index is 740. The first kappa shape index (κ1) is 26.6. The summed E-state index contributed by atoms with van der Waals surface area (Å²) in [7, 11) is -1.95. The molecule has 180 valence electrons. The van der Waals surface area contributed by atoms with Crippen LogP contribution < -0.4 is 4.74 Å². The number of carbonyl (C=O) groups is 1. The van der Waals surface area contributed by atoms with Gasteiger partial charge in [0.05, 0.1) is 24.7 Å². The molecule has 3 unspecified atom stereocenters. The van der Waals surface area contributed by atoms with Gasteiger partial charge in [0.25, 0.3) is 0 Å². The van der Waals surface area contributed by atoms with Crippen molar-refractivity contribution in [3.05, 3.63) is 42.5 Å². The van der Waals surface area contributed by atoms with Crippen molar-refractivity contribution in [2.75, 3.05) is 6.61 Å². The van der Waals surface area contributed by atoms with E-state index in [2.05, 4.69) is 46.0 Å². The third-order valence-corrected chi connectivity index (χ3v) is 11.3. The predicted octanol–water partition coefficient (Wildman–Crippen LogP) is 6.19. The summed E-state index contributed by atoms with van der Waals surface area (Å²) in [5.74, 6) is 0.124. The Kier molecular flexibility index (Phi) is 9.55. The van der Waals surface area contributed by atoms with Crippen LogP contribution in [0.4, 0.5) is 0 Å². The highest BCUT2D eigenvalue weighted by molar-refractivity contribution is 6.74. The molecular formula is C26H42O5Si. The van der Waals surface area contributed by atoms with E-state index in [1.807, 2.05) is 30.3 Å². The van der Waals surface area contributed by atoms with Crippen LogP contribution >= 0.6 is 0 Å². The number of ether oxygens (including phenoxy) is 1. The van der Waals surface area contributed by atoms with Gasteiger partial charge in [0.2, 0.25) is 0 Å². The fraction of sp³-hybridized carbons (Fsp3) is 0.654. The number of benzene rings is 1. The first-order chi connectivity index (χ1) is 14.9. The third kappa shape index (κ3) is 8.72. The van der Waals surface area contributed by atoms with Gasteiger partial charge < -0.3 is 19.4 Å². The summed E-state index contributed by atoms with van der Waals surface area (Å²) in [6.07, 6.45) is 8.74. The summed E-state index contributed by atoms with van der Waals surface area (Å²) in [5, 5.41) is 20.0. The molecule has 1 fully saturated rings. The normalized spacial score (nSPS) is 23.2. The second kappa shape index (κ2) is 11.5. The Morgan fingerprint density at radius 1 is 1.28 bits per heavy atom. The number of hydrogen-bond acceptors (Lipinski definition) is 4. The number of para-hydroxylation sites is 1. The summed E-state index contributed by atoms with van der Waals surface area (Å²) in [6.45, 7) is 11.9. The van der Waals surface area contributed by atoms with Gasteiger partial charge in [0.1, 0.15) is 5.75 Å². The van der Waals surface area contributed by atoms with Crippen LogP contribution in [0.25, 0.3) is 0 Å². The van der Waals surface area contributed by atoms with E-state index < -0.39 is 19.9 Å². The lowest BCUT2D eigenvalue weighted by Gasteiger charge is -2.39. The van der Waals surface area contributed by atoms with Crippen molar-refractivity contribution in [1.82, 2.24) is 0 Å². The molecule has 5 nitrogen and oxygen atoms in total. The molecule has 2 rings (SSSR count). The maximum Gasteiger partial charge on any atom is 0.306 e. The minimum atomic E-state index is -1.95. The van der Waals surface area contributed by atoms with Gasteiger partial charge in [0, 0.05) is 0 Å². The van der Waals surface area contributed by atoms with Crippen LogP contribution in [-0.2, 0) is 9.22 Å². The lowest BCUT2D eigenvalue weighted by atomic mass is 9.76. The van der Waals surface area contributed by atoms with Gasteiger partial charge in [-0.1, -0.05) is 51.1 Å². The van der Waals surface area contributed by atoms with Crippen molar-refractivity contribution in [2.24, 2.45) is 5.92 Å². The van der Waals surface area contributed by atoms with E-state index in [9.17, 15) is 9.90 Å². The standard InChI is InChI=1S/C26H42O5Si/c1-25(2,3)32(4,5)31-23(14-10-18-30-22-12-7-6-8-13-22)16-15-21-11-9-17-26(29,19-21)20-24(27)28/h6-8,12-13,15-16,21,23,29H,9-11,14,17-20H2,1-5H3,(H,27,28). The SMILES string of the molecule is CC(C)(C)[Si](C)(C)OC(C=CC1CCCC(O)(CC(=O)O)C1)CCCOc1ccccc1. The van der Waals surface area contributed by atoms with Crippen molar-refractivity contribution in [3.8, 4) is 5.75 Å². The zero-order chi connectivity index (χ0) is 23.8. The molecule has 0 radical (unpaired) electrons. The molecule has 1 aromatic rings. The Hall–Kier alpha value is -1.63. The maximum absolute atomic E-state index is 11.1. The molecule has 1 aromatic carbocycles. The van der Waals surface area contributed by atoms with E-state index in [0.29, 0.717) is 19.4 Å². The average molecular weight is 463 g/mol. The molecule has 0 amide bonds. The molecule has 0 aliphatic heterocycles. The molecule has 3 atom stereocenters. The van der Waals surface area contributed by atoms with Gasteiger partial charge in [-0.3, -0.25) is 4.79 Å². The zero-order valence-corrected chi connectivity index (χ0v) is 21.5. The van der Waals surface area contributed by atoms with E-state index in [0.717, 1.165) is 31.4 Å². The van der Waals surface area contributed by atoms with Crippen LogP contribution in [0.3, 0.4) is 0 Å². The highest BCUT2D eigenvalue weighted by Gasteiger charge is 2.39. The summed E-state index contributed by atoms with van der Waals surface area (Å²) in [4.78, 5) is 11.1. The molecule has 0 bridgehead atoms. The quantitative estimate of drug-likeness (QED) is 0.233. The number of carboxylic acid groups (broad SMARTS) is 1. The van der Waals surface area contributed by atoms with Crippen molar-refractivity contribution >= 4 is 14.3 Å². The van der Waals surface area contributed by atoms with Crippen LogP contribution in [-0.4, -0.2) is 42.8 Å². The van der Waals surface area contributed by atoms with Crippen LogP contribution in [0.2, 0.25) is 18.1 Å². The number of aliphatic carboxylic acids is 1. The second-order valence-electron chi connectivity index (χ2n) is 10.8. The Labute approximate surface area is 195 Å². The third-order valence-electron chi connectivity index (χ3n) is 6.83. The lowest BCUT2D eigenvalue weighted by Crippen LogP contribution is -2.43. The first-order valence-corrected chi connectivity index (χ1v) is 14.8. The summed E-state index contributed by atoms with van der Waals surface area (Å²) < 4.78 is 12.6. The number of carboxylic acids is 1. The van der Waals surface area contributed by atoms with Gasteiger partial charge in [0.15, 0.2) is 8.32 Å². The van der Waals surface area contributed by atoms with E-state index in [4.69, 9.17) is 14.3 Å². The largest absolute Gasteiger partial charge is 0.494 e. The molecule has 2 N–H and O–H groups in total. The molecule has 0 aromatic heterocycles. The summed E-state index contributed by atoms with van der Waals surface area (Å²) >= 11 is 0. The van der Waals surface area contributed by atoms with Gasteiger partial charge in [-0.25, -0.2) is 0 Å². The van der Waals surface area contributed by atoms with E-state index in [1.54, 1.807) is 0 Å². The fourth-order valence-electron chi connectivity index (χ4n) is 4.01. The minimum Gasteiger partial charge on any atom is -0.494 e. The fourth-order valence-corrected chi connectivity index (χ4v) is 5.32. The molecule has 0 saturated heterocycles. The zero-order valence-electron chi connectivity index (χ0n) is 20.5. The van der Waals surface area contributed by atoms with Gasteiger partial charge in [-0.2, -0.15) is 0 Å². The lowest BCUT2D eigenvalue weighted by molar-refractivity contribution is -0.144. The van der Waals surface area contributed by atoms with E-state index in [-0.39, 0.29) is 23.5 Å². The number of allylic oxidation sites excluding steroid dienone is 1. The van der Waals surface area contributed by atoms with Crippen LogP contribution in [0.5, 0.6) is 5.75 Å². The van der Waals surface area contributed by atoms with Gasteiger partial charge >= 0.3 is 5.97 Å². The minimum absolute atomic E-state index is 0.00948. The van der Waals surface area contributed by atoms with E-state index >= 15 is 0 Å². The van der Waals surface area contributed by atoms with Gasteiger partial charge in [-0.05, 0) is 74.7 Å². The molecule has 6 heteroatoms. The predicted molar refractivity (Wildman–Crippen MR) is 132 cm³/mol. The van der Waals surface area contributed by atoms with Crippen LogP contribution in [0.15, 0.2) is 42.5 Å². The summed E-state index contributed by atoms with van der Waals surface area (Å²) in [6, 6.07) is 9.84. The number of rotatable bonds is 11. The first-order valence-electron chi connectivity index (χ1n) is 11.9. The molecule has 1 saturated carbocycles. The van der Waals surface area contributed by atoms with Gasteiger partial charge in [-0.15, -0.1) is 0 Å². The monoisotopic (exact) mass is 462 g/mol. The van der Waals surface area contributed by atoms with E-state index in [1.165, 1.54) is 0 Å². The summed E-state index contributed by atoms with van der Waals surface area (Å²) in [5.41, 5.74) is -1.10. The average Bonchev–Trinajstić information content (AvgIpc) is 2.68. The second-order valence-corrected chi connectivity index (χ2v) is 15.5. The Morgan fingerprint density at radius 3 is 2.59 bits per heavy atom. The van der Waals surface area contributed by atoms with Crippen LogP contribution in [0.1, 0.15) is 65.7 Å². The highest BCUT2D eigenvalue weighted by Crippen LogP contribution is 2.39. The topological polar surface area (TPSA) is 76.0 Å². The highest BCUT2D eigenvalue weighted by atomic mass is 28.4. The molecule has 0 heterocycles. The van der Waals surface area contributed by atoms with Crippen molar-refractivity contribution in [2.45, 2.75) is 95.6 Å². The molecule has 32 heavy (non-hydrogen) atoms. The van der Waals surface area contributed by atoms with Crippen LogP contribution in [0, 0.1) is 5.92 Å². The smallest absolute Gasteiger partial charge is 0.306 e. The Balaban J connectivity index is 2.00. The van der Waals surface area contributed by atoms with Crippen molar-refractivity contribution < 1.29 is 24.2 Å². The van der Waals surface area contributed by atoms with Crippen molar-refractivity contribution in [3.63, 3.8) is 0 Å². The molecular weight excluding hydrogens is 420 g/mol. The molecule has 1 aliphatic rings. The number of hydrogen-bond donors (Lipinski definition) is 2.